The van der Waals surface area contributed by atoms with Crippen molar-refractivity contribution >= 4 is 17.5 Å². The molecular weight excluding hydrogens is 304 g/mol. The van der Waals surface area contributed by atoms with Crippen LogP contribution in [0.2, 0.25) is 0 Å². The molecule has 126 valence electrons. The average Bonchev–Trinajstić information content (AvgIpc) is 2.58. The van der Waals surface area contributed by atoms with E-state index in [0.717, 1.165) is 22.4 Å². The minimum Gasteiger partial charge on any atom is -0.497 e. The van der Waals surface area contributed by atoms with Crippen molar-refractivity contribution in [2.75, 3.05) is 19.0 Å². The number of aryl methyl sites for hydroxylation is 2. The number of ether oxygens (including phenoxy) is 1. The van der Waals surface area contributed by atoms with Crippen LogP contribution in [0.3, 0.4) is 0 Å². The molecule has 0 radical (unpaired) electrons. The van der Waals surface area contributed by atoms with Crippen LogP contribution >= 0.6 is 0 Å². The summed E-state index contributed by atoms with van der Waals surface area (Å²) in [6.07, 6.45) is 0.645. The average molecular weight is 326 g/mol. The van der Waals surface area contributed by atoms with Gasteiger partial charge in [0.15, 0.2) is 0 Å². The molecule has 0 bridgehead atoms. The Labute approximate surface area is 142 Å². The summed E-state index contributed by atoms with van der Waals surface area (Å²) in [6.45, 7) is 4.18. The molecule has 2 aromatic carbocycles. The van der Waals surface area contributed by atoms with Crippen LogP contribution in [0.4, 0.5) is 5.69 Å². The van der Waals surface area contributed by atoms with Crippen molar-refractivity contribution in [2.45, 2.75) is 20.3 Å². The van der Waals surface area contributed by atoms with E-state index in [9.17, 15) is 9.59 Å². The fourth-order valence-corrected chi connectivity index (χ4v) is 2.37. The van der Waals surface area contributed by atoms with Crippen LogP contribution in [0.5, 0.6) is 5.75 Å². The molecule has 0 aromatic heterocycles. The van der Waals surface area contributed by atoms with Gasteiger partial charge in [-0.05, 0) is 49.1 Å². The summed E-state index contributed by atoms with van der Waals surface area (Å²) in [5.74, 6) is -0.496. The highest BCUT2D eigenvalue weighted by atomic mass is 16.5. The van der Waals surface area contributed by atoms with E-state index in [4.69, 9.17) is 4.74 Å². The highest BCUT2D eigenvalue weighted by molar-refractivity contribution is 6.39. The molecule has 2 aromatic rings. The second-order valence-corrected chi connectivity index (χ2v) is 5.57. The lowest BCUT2D eigenvalue weighted by molar-refractivity contribution is -0.136. The number of hydrogen-bond donors (Lipinski definition) is 2. The lowest BCUT2D eigenvalue weighted by atomic mass is 10.1. The largest absolute Gasteiger partial charge is 0.497 e. The van der Waals surface area contributed by atoms with Crippen LogP contribution in [0.25, 0.3) is 0 Å². The fraction of sp³-hybridized carbons (Fsp3) is 0.263. The monoisotopic (exact) mass is 326 g/mol. The number of anilines is 1. The molecule has 0 saturated carbocycles. The zero-order chi connectivity index (χ0) is 17.5. The van der Waals surface area contributed by atoms with Crippen molar-refractivity contribution in [2.24, 2.45) is 0 Å². The van der Waals surface area contributed by atoms with Crippen LogP contribution in [0.1, 0.15) is 16.7 Å². The molecule has 2 rings (SSSR count). The number of carbonyl (C=O) groups excluding carboxylic acids is 2. The van der Waals surface area contributed by atoms with Gasteiger partial charge in [-0.25, -0.2) is 0 Å². The van der Waals surface area contributed by atoms with Crippen LogP contribution < -0.4 is 15.4 Å². The third kappa shape index (κ3) is 4.59. The summed E-state index contributed by atoms with van der Waals surface area (Å²) in [5.41, 5.74) is 3.60. The number of nitrogens with one attached hydrogen (secondary N) is 2. The minimum absolute atomic E-state index is 0.394. The lowest BCUT2D eigenvalue weighted by Crippen LogP contribution is -2.36. The van der Waals surface area contributed by atoms with E-state index in [1.807, 2.05) is 56.3 Å². The smallest absolute Gasteiger partial charge is 0.313 e. The number of methoxy groups -OCH3 is 1. The van der Waals surface area contributed by atoms with Gasteiger partial charge in [-0.15, -0.1) is 0 Å². The van der Waals surface area contributed by atoms with Crippen LogP contribution in [-0.4, -0.2) is 25.5 Å². The molecule has 0 unspecified atom stereocenters. The van der Waals surface area contributed by atoms with E-state index >= 15 is 0 Å². The number of hydrogen-bond acceptors (Lipinski definition) is 3. The van der Waals surface area contributed by atoms with Gasteiger partial charge in [-0.3, -0.25) is 9.59 Å². The van der Waals surface area contributed by atoms with E-state index in [1.54, 1.807) is 7.11 Å². The van der Waals surface area contributed by atoms with Gasteiger partial charge in [-0.1, -0.05) is 30.3 Å². The maximum Gasteiger partial charge on any atom is 0.313 e. The predicted molar refractivity (Wildman–Crippen MR) is 94.3 cm³/mol. The Kier molecular flexibility index (Phi) is 5.95. The van der Waals surface area contributed by atoms with E-state index in [1.165, 1.54) is 0 Å². The Morgan fingerprint density at radius 3 is 2.17 bits per heavy atom. The highest BCUT2D eigenvalue weighted by Crippen LogP contribution is 2.19. The van der Waals surface area contributed by atoms with Crippen molar-refractivity contribution in [3.8, 4) is 5.75 Å². The predicted octanol–water partition coefficient (Wildman–Crippen LogP) is 2.61. The first-order valence-corrected chi connectivity index (χ1v) is 7.79. The number of amides is 2. The normalized spacial score (nSPS) is 10.1. The number of para-hydroxylation sites is 1. The second-order valence-electron chi connectivity index (χ2n) is 5.57. The van der Waals surface area contributed by atoms with Crippen molar-refractivity contribution in [1.29, 1.82) is 0 Å². The summed E-state index contributed by atoms with van der Waals surface area (Å²) in [6, 6.07) is 13.3. The Bertz CT molecular complexity index is 704. The van der Waals surface area contributed by atoms with E-state index in [-0.39, 0.29) is 0 Å². The van der Waals surface area contributed by atoms with Gasteiger partial charge in [-0.2, -0.15) is 0 Å². The summed E-state index contributed by atoms with van der Waals surface area (Å²) >= 11 is 0. The van der Waals surface area contributed by atoms with Crippen molar-refractivity contribution in [1.82, 2.24) is 5.32 Å². The molecule has 0 fully saturated rings. The minimum atomic E-state index is -0.651. The molecule has 5 heteroatoms. The topological polar surface area (TPSA) is 67.4 Å². The van der Waals surface area contributed by atoms with Crippen LogP contribution in [0, 0.1) is 13.8 Å². The number of benzene rings is 2. The van der Waals surface area contributed by atoms with Crippen molar-refractivity contribution in [3.05, 3.63) is 59.2 Å². The van der Waals surface area contributed by atoms with Gasteiger partial charge >= 0.3 is 11.8 Å². The molecule has 0 spiro atoms. The van der Waals surface area contributed by atoms with Crippen molar-refractivity contribution in [3.63, 3.8) is 0 Å². The van der Waals surface area contributed by atoms with Gasteiger partial charge in [0.2, 0.25) is 0 Å². The summed E-state index contributed by atoms with van der Waals surface area (Å²) in [5, 5.41) is 5.31. The highest BCUT2D eigenvalue weighted by Gasteiger charge is 2.15. The quantitative estimate of drug-likeness (QED) is 0.830. The zero-order valence-corrected chi connectivity index (χ0v) is 14.2. The Morgan fingerprint density at radius 1 is 0.958 bits per heavy atom. The molecule has 0 atom stereocenters. The van der Waals surface area contributed by atoms with E-state index in [0.29, 0.717) is 18.7 Å². The standard InChI is InChI=1S/C19H22N2O3/c1-13-5-4-6-14(2)17(13)21-19(23)18(22)20-12-11-15-7-9-16(24-3)10-8-15/h4-10H,11-12H2,1-3H3,(H,20,22)(H,21,23). The first-order chi connectivity index (χ1) is 11.5. The van der Waals surface area contributed by atoms with Crippen molar-refractivity contribution < 1.29 is 14.3 Å². The molecule has 2 N–H and O–H groups in total. The maximum absolute atomic E-state index is 12.0. The van der Waals surface area contributed by atoms with Gasteiger partial charge in [0.25, 0.3) is 0 Å². The first kappa shape index (κ1) is 17.5. The Morgan fingerprint density at radius 2 is 1.58 bits per heavy atom. The molecule has 0 saturated heterocycles. The molecule has 0 heterocycles. The Balaban J connectivity index is 1.84. The summed E-state index contributed by atoms with van der Waals surface area (Å²) < 4.78 is 5.10. The lowest BCUT2D eigenvalue weighted by Gasteiger charge is -2.11. The summed E-state index contributed by atoms with van der Waals surface area (Å²) in [7, 11) is 1.62. The molecule has 0 aliphatic rings. The van der Waals surface area contributed by atoms with Crippen LogP contribution in [0.15, 0.2) is 42.5 Å². The summed E-state index contributed by atoms with van der Waals surface area (Å²) in [4.78, 5) is 23.9. The van der Waals surface area contributed by atoms with Crippen LogP contribution in [-0.2, 0) is 16.0 Å². The molecular formula is C19H22N2O3. The van der Waals surface area contributed by atoms with Gasteiger partial charge in [0, 0.05) is 12.2 Å². The second kappa shape index (κ2) is 8.15. The van der Waals surface area contributed by atoms with E-state index in [2.05, 4.69) is 10.6 Å². The van der Waals surface area contributed by atoms with E-state index < -0.39 is 11.8 Å². The number of carbonyl (C=O) groups is 2. The molecule has 0 aliphatic carbocycles. The van der Waals surface area contributed by atoms with Gasteiger partial charge in [0.1, 0.15) is 5.75 Å². The third-order valence-electron chi connectivity index (χ3n) is 3.78. The Hall–Kier alpha value is -2.82. The molecule has 24 heavy (non-hydrogen) atoms. The van der Waals surface area contributed by atoms with Gasteiger partial charge in [0.05, 0.1) is 7.11 Å². The molecule has 2 amide bonds. The SMILES string of the molecule is COc1ccc(CCNC(=O)C(=O)Nc2c(C)cccc2C)cc1. The van der Waals surface area contributed by atoms with Gasteiger partial charge < -0.3 is 15.4 Å². The number of rotatable bonds is 5. The fourth-order valence-electron chi connectivity index (χ4n) is 2.37. The third-order valence-corrected chi connectivity index (χ3v) is 3.78. The maximum atomic E-state index is 12.0. The first-order valence-electron chi connectivity index (χ1n) is 7.79. The zero-order valence-electron chi connectivity index (χ0n) is 14.2. The molecule has 0 aliphatic heterocycles. The molecule has 5 nitrogen and oxygen atoms in total.